The molecule has 0 radical (unpaired) electrons. The summed E-state index contributed by atoms with van der Waals surface area (Å²) in [6.07, 6.45) is 0. The van der Waals surface area contributed by atoms with Crippen molar-refractivity contribution < 1.29 is 54.0 Å². The number of carboxylic acids is 4. The quantitative estimate of drug-likeness (QED) is 0.0798. The molecule has 0 atom stereocenters. The molecule has 1 aliphatic heterocycles. The molecule has 4 amide bonds. The molecule has 1 fully saturated rings. The molecular formula is C38H36N6O11. The van der Waals surface area contributed by atoms with E-state index < -0.39 is 80.0 Å². The second-order valence-electron chi connectivity index (χ2n) is 12.6. The van der Waals surface area contributed by atoms with Gasteiger partial charge in [0, 0.05) is 18.8 Å². The summed E-state index contributed by atoms with van der Waals surface area (Å²) in [5.41, 5.74) is 1.05. The number of benzene rings is 3. The molecule has 0 unspecified atom stereocenters. The number of aromatic nitrogens is 1. The smallest absolute Gasteiger partial charge is 0.326 e. The second-order valence-corrected chi connectivity index (χ2v) is 12.6. The lowest BCUT2D eigenvalue weighted by atomic mass is 9.82. The number of imide groups is 1. The standard InChI is InChI=1S/C38H36N6O11/c45-31(19-44-36(54)38(41-37(44)55,26-9-3-1-4-10-26)27-11-5-2-6-12-27)40-28-13-7-8-24(14-28)25-15-29(17-42(20-32(46)47)21-33(48)49)39-30(16-25)18-43(22-34(50)51)23-35(52)53/h1-16H,17-23H2,(H,40,45)(H,41,55)(H,46,47)(H,48,49)(H,50,51)(H,52,53). The number of nitrogens with one attached hydrogen (secondary N) is 2. The number of carbonyl (C=O) groups is 7. The number of rotatable bonds is 18. The molecule has 6 N–H and O–H groups in total. The lowest BCUT2D eigenvalue weighted by molar-refractivity contribution is -0.144. The number of amides is 4. The number of urea groups is 1. The summed E-state index contributed by atoms with van der Waals surface area (Å²) in [6, 6.07) is 26.1. The van der Waals surface area contributed by atoms with E-state index in [2.05, 4.69) is 15.6 Å². The lowest BCUT2D eigenvalue weighted by Crippen LogP contribution is -2.45. The monoisotopic (exact) mass is 752 g/mol. The number of pyridine rings is 1. The highest BCUT2D eigenvalue weighted by Gasteiger charge is 2.54. The molecule has 1 aliphatic rings. The molecule has 0 aliphatic carbocycles. The van der Waals surface area contributed by atoms with Gasteiger partial charge in [-0.1, -0.05) is 72.8 Å². The van der Waals surface area contributed by atoms with Gasteiger partial charge in [-0.15, -0.1) is 0 Å². The van der Waals surface area contributed by atoms with Gasteiger partial charge < -0.3 is 31.1 Å². The van der Waals surface area contributed by atoms with Gasteiger partial charge in [-0.2, -0.15) is 0 Å². The normalized spacial score (nSPS) is 13.5. The fourth-order valence-electron chi connectivity index (χ4n) is 6.31. The third-order valence-electron chi connectivity index (χ3n) is 8.44. The van der Waals surface area contributed by atoms with E-state index in [0.29, 0.717) is 22.3 Å². The van der Waals surface area contributed by atoms with Gasteiger partial charge in [-0.05, 0) is 46.5 Å². The summed E-state index contributed by atoms with van der Waals surface area (Å²) in [5, 5.41) is 42.9. The van der Waals surface area contributed by atoms with Crippen LogP contribution in [0.25, 0.3) is 11.1 Å². The Labute approximate surface area is 313 Å². The van der Waals surface area contributed by atoms with Gasteiger partial charge in [0.25, 0.3) is 5.91 Å². The first kappa shape index (κ1) is 39.2. The molecule has 3 aromatic carbocycles. The van der Waals surface area contributed by atoms with E-state index in [-0.39, 0.29) is 30.2 Å². The first-order valence-electron chi connectivity index (χ1n) is 16.7. The molecule has 0 spiro atoms. The van der Waals surface area contributed by atoms with Gasteiger partial charge in [0.2, 0.25) is 5.91 Å². The Balaban J connectivity index is 1.42. The molecule has 0 bridgehead atoms. The minimum absolute atomic E-state index is 0.203. The first-order valence-corrected chi connectivity index (χ1v) is 16.7. The van der Waals surface area contributed by atoms with Crippen LogP contribution >= 0.6 is 0 Å². The summed E-state index contributed by atoms with van der Waals surface area (Å²) in [5.74, 6) is -6.47. The van der Waals surface area contributed by atoms with Crippen LogP contribution in [0.5, 0.6) is 0 Å². The van der Waals surface area contributed by atoms with Crippen molar-refractivity contribution >= 4 is 47.4 Å². The van der Waals surface area contributed by atoms with E-state index >= 15 is 0 Å². The zero-order valence-corrected chi connectivity index (χ0v) is 29.1. The van der Waals surface area contributed by atoms with Gasteiger partial charge in [0.05, 0.1) is 37.6 Å². The molecule has 1 saturated heterocycles. The highest BCUT2D eigenvalue weighted by molar-refractivity contribution is 6.12. The molecule has 17 nitrogen and oxygen atoms in total. The van der Waals surface area contributed by atoms with Crippen LogP contribution in [0.1, 0.15) is 22.5 Å². The maximum Gasteiger partial charge on any atom is 0.326 e. The van der Waals surface area contributed by atoms with E-state index in [1.165, 1.54) is 0 Å². The third kappa shape index (κ3) is 9.92. The SMILES string of the molecule is O=C(O)CN(CC(=O)O)Cc1cc(-c2cccc(NC(=O)CN3C(=O)NC(c4ccccc4)(c4ccccc4)C3=O)c2)cc(CN(CC(=O)O)CC(=O)O)n1. The summed E-state index contributed by atoms with van der Waals surface area (Å²) < 4.78 is 0. The van der Waals surface area contributed by atoms with Crippen molar-refractivity contribution in [2.75, 3.05) is 38.0 Å². The summed E-state index contributed by atoms with van der Waals surface area (Å²) in [7, 11) is 0. The number of carbonyl (C=O) groups excluding carboxylic acids is 3. The van der Waals surface area contributed by atoms with E-state index in [1.54, 1.807) is 97.1 Å². The van der Waals surface area contributed by atoms with E-state index in [0.717, 1.165) is 14.7 Å². The minimum atomic E-state index is -1.56. The van der Waals surface area contributed by atoms with Gasteiger partial charge in [-0.25, -0.2) is 4.79 Å². The molecule has 17 heteroatoms. The summed E-state index contributed by atoms with van der Waals surface area (Å²) >= 11 is 0. The predicted molar refractivity (Wildman–Crippen MR) is 193 cm³/mol. The van der Waals surface area contributed by atoms with Crippen molar-refractivity contribution in [1.29, 1.82) is 0 Å². The molecular weight excluding hydrogens is 716 g/mol. The fourth-order valence-corrected chi connectivity index (χ4v) is 6.31. The van der Waals surface area contributed by atoms with Gasteiger partial charge in [0.1, 0.15) is 6.54 Å². The Morgan fingerprint density at radius 2 is 1.11 bits per heavy atom. The summed E-state index contributed by atoms with van der Waals surface area (Å²) in [6.45, 7) is -3.63. The summed E-state index contributed by atoms with van der Waals surface area (Å²) in [4.78, 5) is 94.1. The topological polar surface area (TPSA) is 247 Å². The molecule has 4 aromatic rings. The molecule has 2 heterocycles. The Morgan fingerprint density at radius 3 is 1.56 bits per heavy atom. The highest BCUT2D eigenvalue weighted by atomic mass is 16.4. The van der Waals surface area contributed by atoms with Crippen molar-refractivity contribution in [3.05, 3.63) is 120 Å². The highest BCUT2D eigenvalue weighted by Crippen LogP contribution is 2.36. The van der Waals surface area contributed by atoms with E-state index in [4.69, 9.17) is 0 Å². The average molecular weight is 753 g/mol. The number of aliphatic carboxylic acids is 4. The molecule has 284 valence electrons. The van der Waals surface area contributed by atoms with Crippen LogP contribution in [0, 0.1) is 0 Å². The largest absolute Gasteiger partial charge is 0.480 e. The van der Waals surface area contributed by atoms with Gasteiger partial charge >= 0.3 is 29.9 Å². The number of anilines is 1. The van der Waals surface area contributed by atoms with E-state index in [1.807, 2.05) is 0 Å². The zero-order valence-electron chi connectivity index (χ0n) is 29.1. The van der Waals surface area contributed by atoms with Crippen LogP contribution in [0.3, 0.4) is 0 Å². The third-order valence-corrected chi connectivity index (χ3v) is 8.44. The Kier molecular flexibility index (Phi) is 12.3. The van der Waals surface area contributed by atoms with Gasteiger partial charge in [-0.3, -0.25) is 48.5 Å². The van der Waals surface area contributed by atoms with E-state index in [9.17, 15) is 54.0 Å². The van der Waals surface area contributed by atoms with Crippen LogP contribution < -0.4 is 10.6 Å². The lowest BCUT2D eigenvalue weighted by Gasteiger charge is -2.28. The van der Waals surface area contributed by atoms with Crippen molar-refractivity contribution in [3.63, 3.8) is 0 Å². The fraction of sp³-hybridized carbons (Fsp3) is 0.211. The average Bonchev–Trinajstić information content (AvgIpc) is 3.37. The van der Waals surface area contributed by atoms with Crippen molar-refractivity contribution in [1.82, 2.24) is 25.0 Å². The predicted octanol–water partition coefficient (Wildman–Crippen LogP) is 2.13. The van der Waals surface area contributed by atoms with Crippen molar-refractivity contribution in [2.45, 2.75) is 18.6 Å². The molecule has 1 aromatic heterocycles. The second kappa shape index (κ2) is 17.2. The maximum atomic E-state index is 14.0. The van der Waals surface area contributed by atoms with Crippen molar-refractivity contribution in [2.24, 2.45) is 0 Å². The zero-order chi connectivity index (χ0) is 39.7. The van der Waals surface area contributed by atoms with Crippen LogP contribution in [-0.2, 0) is 47.4 Å². The van der Waals surface area contributed by atoms with Crippen LogP contribution in [0.4, 0.5) is 10.5 Å². The number of hydrogen-bond donors (Lipinski definition) is 6. The van der Waals surface area contributed by atoms with Gasteiger partial charge in [0.15, 0.2) is 5.54 Å². The number of carboxylic acid groups (broad SMARTS) is 4. The molecule has 0 saturated carbocycles. The number of nitrogens with zero attached hydrogens (tertiary/aromatic N) is 4. The van der Waals surface area contributed by atoms with Crippen LogP contribution in [0.2, 0.25) is 0 Å². The van der Waals surface area contributed by atoms with Crippen molar-refractivity contribution in [3.8, 4) is 11.1 Å². The minimum Gasteiger partial charge on any atom is -0.480 e. The first-order chi connectivity index (χ1) is 26.2. The Bertz CT molecular complexity index is 1980. The maximum absolute atomic E-state index is 14.0. The Hall–Kier alpha value is -6.98. The van der Waals surface area contributed by atoms with Crippen LogP contribution in [-0.4, -0.2) is 115 Å². The molecule has 55 heavy (non-hydrogen) atoms. The number of hydrogen-bond acceptors (Lipinski definition) is 10. The van der Waals surface area contributed by atoms with Crippen LogP contribution in [0.15, 0.2) is 97.1 Å². The Morgan fingerprint density at radius 1 is 0.636 bits per heavy atom. The molecule has 5 rings (SSSR count).